The third kappa shape index (κ3) is 9.34. The minimum Gasteiger partial charge on any atom is -0.481 e. The first-order chi connectivity index (χ1) is 13.0. The highest BCUT2D eigenvalue weighted by molar-refractivity contribution is 5.85. The summed E-state index contributed by atoms with van der Waals surface area (Å²) in [6.45, 7) is 4.64. The van der Waals surface area contributed by atoms with E-state index in [1.165, 1.54) is 0 Å². The summed E-state index contributed by atoms with van der Waals surface area (Å²) in [6, 6.07) is 0. The Bertz CT molecular complexity index is 497. The molecule has 0 bridgehead atoms. The first-order valence-corrected chi connectivity index (χ1v) is 10.4. The number of carbonyl (C=O) groups excluding carboxylic acids is 1. The minimum atomic E-state index is -0.781. The van der Waals surface area contributed by atoms with Gasteiger partial charge in [-0.15, -0.1) is 0 Å². The fourth-order valence-electron chi connectivity index (χ4n) is 3.58. The van der Waals surface area contributed by atoms with Crippen LogP contribution in [0, 0.1) is 11.8 Å². The van der Waals surface area contributed by atoms with Gasteiger partial charge in [-0.3, -0.25) is 9.59 Å². The van der Waals surface area contributed by atoms with Crippen molar-refractivity contribution in [3.8, 4) is 0 Å². The predicted molar refractivity (Wildman–Crippen MR) is 107 cm³/mol. The number of aliphatic hydroxyl groups is 1. The maximum Gasteiger partial charge on any atom is 0.303 e. The van der Waals surface area contributed by atoms with Crippen LogP contribution in [0.3, 0.4) is 0 Å². The Kier molecular flexibility index (Phi) is 11.9. The molecule has 1 aliphatic rings. The van der Waals surface area contributed by atoms with Gasteiger partial charge in [-0.2, -0.15) is 0 Å². The fraction of sp³-hybridized carbons (Fsp3) is 0.727. The highest BCUT2D eigenvalue weighted by atomic mass is 16.5. The molecule has 0 spiro atoms. The van der Waals surface area contributed by atoms with Gasteiger partial charge >= 0.3 is 5.97 Å². The van der Waals surface area contributed by atoms with Crippen LogP contribution in [-0.2, 0) is 14.3 Å². The number of unbranched alkanes of at least 4 members (excludes halogenated alkanes) is 3. The van der Waals surface area contributed by atoms with Crippen molar-refractivity contribution < 1.29 is 24.5 Å². The number of hydrogen-bond donors (Lipinski definition) is 2. The molecule has 0 unspecified atom stereocenters. The third-order valence-corrected chi connectivity index (χ3v) is 5.07. The number of allylic oxidation sites excluding steroid dienone is 2. The van der Waals surface area contributed by atoms with E-state index < -0.39 is 12.1 Å². The van der Waals surface area contributed by atoms with E-state index in [2.05, 4.69) is 6.92 Å². The summed E-state index contributed by atoms with van der Waals surface area (Å²) in [5.41, 5.74) is 0. The zero-order chi connectivity index (χ0) is 20.1. The summed E-state index contributed by atoms with van der Waals surface area (Å²) >= 11 is 0. The molecule has 0 aromatic heterocycles. The molecule has 0 amide bonds. The van der Waals surface area contributed by atoms with Crippen LogP contribution in [0.1, 0.15) is 71.6 Å². The number of ketones is 1. The molecule has 5 nitrogen and oxygen atoms in total. The van der Waals surface area contributed by atoms with Crippen LogP contribution >= 0.6 is 0 Å². The Morgan fingerprint density at radius 3 is 2.70 bits per heavy atom. The molecule has 1 fully saturated rings. The highest BCUT2D eigenvalue weighted by Crippen LogP contribution is 2.35. The van der Waals surface area contributed by atoms with Gasteiger partial charge in [0.05, 0.1) is 12.2 Å². The van der Waals surface area contributed by atoms with Crippen LogP contribution in [-0.4, -0.2) is 40.8 Å². The molecule has 27 heavy (non-hydrogen) atoms. The van der Waals surface area contributed by atoms with Crippen molar-refractivity contribution >= 4 is 11.8 Å². The van der Waals surface area contributed by atoms with Gasteiger partial charge in [-0.1, -0.05) is 50.5 Å². The number of carboxylic acid groups (broad SMARTS) is 1. The minimum absolute atomic E-state index is 0.0121. The lowest BCUT2D eigenvalue weighted by molar-refractivity contribution is -0.137. The Balaban J connectivity index is 2.61. The molecule has 0 aromatic rings. The lowest BCUT2D eigenvalue weighted by Crippen LogP contribution is -2.21. The molecule has 0 heterocycles. The molecule has 0 saturated heterocycles. The second-order valence-corrected chi connectivity index (χ2v) is 7.29. The molecule has 2 N–H and O–H groups in total. The standard InChI is InChI=1S/C22H36O5/c1-3-5-8-11-17(23)14-15-19-18(20(24)16-21(19)27-4-2)12-9-6-7-10-13-22(25)26/h6,9,14-15,17-19,21,23H,3-5,7-8,10-13,16H2,1-2H3,(H,25,26)/b9-6-,15-14+/t17-,18+,19+,21+/m0/s1. The number of Topliss-reactive ketones (excluding diaryl/α,β-unsaturated/α-hetero) is 1. The number of rotatable bonds is 14. The van der Waals surface area contributed by atoms with E-state index in [-0.39, 0.29) is 30.1 Å². The van der Waals surface area contributed by atoms with Gasteiger partial charge in [-0.05, 0) is 32.6 Å². The van der Waals surface area contributed by atoms with E-state index in [1.807, 2.05) is 31.2 Å². The summed E-state index contributed by atoms with van der Waals surface area (Å²) in [6.07, 6.45) is 13.7. The van der Waals surface area contributed by atoms with E-state index in [0.29, 0.717) is 32.3 Å². The number of ether oxygens (including phenoxy) is 1. The van der Waals surface area contributed by atoms with Crippen molar-refractivity contribution in [2.45, 2.75) is 83.8 Å². The fourth-order valence-corrected chi connectivity index (χ4v) is 3.58. The molecule has 0 aromatic carbocycles. The molecule has 5 heteroatoms. The number of carboxylic acids is 1. The molecule has 0 radical (unpaired) electrons. The second kappa shape index (κ2) is 13.7. The van der Waals surface area contributed by atoms with Gasteiger partial charge in [0.25, 0.3) is 0 Å². The maximum atomic E-state index is 12.4. The van der Waals surface area contributed by atoms with E-state index in [9.17, 15) is 14.7 Å². The largest absolute Gasteiger partial charge is 0.481 e. The van der Waals surface area contributed by atoms with Gasteiger partial charge in [0.1, 0.15) is 5.78 Å². The van der Waals surface area contributed by atoms with Crippen LogP contribution in [0.5, 0.6) is 0 Å². The first-order valence-electron chi connectivity index (χ1n) is 10.4. The molecule has 1 rings (SSSR count). The van der Waals surface area contributed by atoms with Crippen molar-refractivity contribution in [3.63, 3.8) is 0 Å². The van der Waals surface area contributed by atoms with Crippen LogP contribution in [0.25, 0.3) is 0 Å². The molecular formula is C22H36O5. The normalized spacial score (nSPS) is 24.3. The highest BCUT2D eigenvalue weighted by Gasteiger charge is 2.40. The lowest BCUT2D eigenvalue weighted by atomic mass is 9.90. The predicted octanol–water partition coefficient (Wildman–Crippen LogP) is 4.30. The molecule has 1 saturated carbocycles. The third-order valence-electron chi connectivity index (χ3n) is 5.07. The number of aliphatic hydroxyl groups excluding tert-OH is 1. The van der Waals surface area contributed by atoms with Gasteiger partial charge in [0.15, 0.2) is 0 Å². The van der Waals surface area contributed by atoms with Crippen LogP contribution in [0.15, 0.2) is 24.3 Å². The molecule has 154 valence electrons. The summed E-state index contributed by atoms with van der Waals surface area (Å²) in [7, 11) is 0. The Morgan fingerprint density at radius 2 is 2.04 bits per heavy atom. The van der Waals surface area contributed by atoms with Crippen molar-refractivity contribution in [2.24, 2.45) is 11.8 Å². The summed E-state index contributed by atoms with van der Waals surface area (Å²) in [5.74, 6) is -0.714. The Hall–Kier alpha value is -1.46. The number of carbonyl (C=O) groups is 2. The average Bonchev–Trinajstić information content (AvgIpc) is 2.91. The number of aliphatic carboxylic acids is 1. The van der Waals surface area contributed by atoms with Crippen molar-refractivity contribution in [1.82, 2.24) is 0 Å². The quantitative estimate of drug-likeness (QED) is 0.347. The van der Waals surface area contributed by atoms with Crippen LogP contribution in [0.4, 0.5) is 0 Å². The molecule has 4 atom stereocenters. The van der Waals surface area contributed by atoms with Gasteiger partial charge < -0.3 is 14.9 Å². The maximum absolute atomic E-state index is 12.4. The van der Waals surface area contributed by atoms with Crippen molar-refractivity contribution in [2.75, 3.05) is 6.61 Å². The number of hydrogen-bond acceptors (Lipinski definition) is 4. The van der Waals surface area contributed by atoms with Crippen LogP contribution in [0.2, 0.25) is 0 Å². The SMILES string of the molecule is CCCCC[C@H](O)/C=C/[C@H]1[C@H](OCC)CC(=O)[C@@H]1C/C=C\CCCC(=O)O. The lowest BCUT2D eigenvalue weighted by Gasteiger charge is -2.20. The zero-order valence-electron chi connectivity index (χ0n) is 16.8. The topological polar surface area (TPSA) is 83.8 Å². The van der Waals surface area contributed by atoms with E-state index in [1.54, 1.807) is 0 Å². The van der Waals surface area contributed by atoms with E-state index >= 15 is 0 Å². The first kappa shape index (κ1) is 23.6. The average molecular weight is 381 g/mol. The zero-order valence-corrected chi connectivity index (χ0v) is 16.8. The summed E-state index contributed by atoms with van der Waals surface area (Å²) in [5, 5.41) is 18.8. The van der Waals surface area contributed by atoms with E-state index in [0.717, 1.165) is 25.7 Å². The second-order valence-electron chi connectivity index (χ2n) is 7.29. The van der Waals surface area contributed by atoms with Gasteiger partial charge in [0, 0.05) is 31.3 Å². The Morgan fingerprint density at radius 1 is 1.26 bits per heavy atom. The molecular weight excluding hydrogens is 344 g/mol. The monoisotopic (exact) mass is 380 g/mol. The smallest absolute Gasteiger partial charge is 0.303 e. The van der Waals surface area contributed by atoms with E-state index in [4.69, 9.17) is 9.84 Å². The summed E-state index contributed by atoms with van der Waals surface area (Å²) < 4.78 is 5.78. The van der Waals surface area contributed by atoms with Crippen molar-refractivity contribution in [3.05, 3.63) is 24.3 Å². The Labute approximate surface area is 163 Å². The van der Waals surface area contributed by atoms with Crippen molar-refractivity contribution in [1.29, 1.82) is 0 Å². The molecule has 1 aliphatic carbocycles. The summed E-state index contributed by atoms with van der Waals surface area (Å²) in [4.78, 5) is 23.0. The molecule has 0 aliphatic heterocycles. The van der Waals surface area contributed by atoms with Gasteiger partial charge in [0.2, 0.25) is 0 Å². The van der Waals surface area contributed by atoms with Crippen LogP contribution < -0.4 is 0 Å². The van der Waals surface area contributed by atoms with Gasteiger partial charge in [-0.25, -0.2) is 0 Å².